The summed E-state index contributed by atoms with van der Waals surface area (Å²) in [6.07, 6.45) is -0.487. The Balaban J connectivity index is 2.83. The van der Waals surface area contributed by atoms with Crippen LogP contribution in [0.5, 0.6) is 0 Å². The third-order valence-electron chi connectivity index (χ3n) is 3.09. The number of anilines is 1. The first-order valence-corrected chi connectivity index (χ1v) is 7.27. The molecule has 0 fully saturated rings. The van der Waals surface area contributed by atoms with Crippen LogP contribution < -0.4 is 16.0 Å². The van der Waals surface area contributed by atoms with Crippen LogP contribution in [0.1, 0.15) is 32.3 Å². The van der Waals surface area contributed by atoms with Crippen LogP contribution in [0.15, 0.2) is 18.2 Å². The Morgan fingerprint density at radius 1 is 1.41 bits per heavy atom. The maximum absolute atomic E-state index is 13.4. The van der Waals surface area contributed by atoms with Gasteiger partial charge < -0.3 is 20.7 Å². The van der Waals surface area contributed by atoms with Gasteiger partial charge in [0.05, 0.1) is 0 Å². The largest absolute Gasteiger partial charge is 0.444 e. The molecule has 0 aliphatic heterocycles. The second kappa shape index (κ2) is 7.45. The molecule has 0 aromatic heterocycles. The third kappa shape index (κ3) is 5.52. The van der Waals surface area contributed by atoms with Gasteiger partial charge in [0.25, 0.3) is 0 Å². The molecule has 1 rings (SSSR count). The number of carbonyl (C=O) groups is 1. The smallest absolute Gasteiger partial charge is 0.407 e. The first-order chi connectivity index (χ1) is 10.1. The zero-order valence-corrected chi connectivity index (χ0v) is 13.9. The van der Waals surface area contributed by atoms with Crippen LogP contribution in [0.2, 0.25) is 0 Å². The van der Waals surface area contributed by atoms with Gasteiger partial charge in [0.1, 0.15) is 11.4 Å². The monoisotopic (exact) mass is 311 g/mol. The van der Waals surface area contributed by atoms with E-state index < -0.39 is 11.7 Å². The minimum Gasteiger partial charge on any atom is -0.444 e. The summed E-state index contributed by atoms with van der Waals surface area (Å²) in [6.45, 7) is 6.07. The Bertz CT molecular complexity index is 513. The number of benzene rings is 1. The van der Waals surface area contributed by atoms with Crippen LogP contribution in [0, 0.1) is 5.82 Å². The molecule has 1 aromatic carbocycles. The number of rotatable bonds is 5. The van der Waals surface area contributed by atoms with E-state index in [1.54, 1.807) is 26.8 Å². The molecule has 0 radical (unpaired) electrons. The van der Waals surface area contributed by atoms with Crippen molar-refractivity contribution in [3.63, 3.8) is 0 Å². The predicted octanol–water partition coefficient (Wildman–Crippen LogP) is 2.46. The number of nitrogens with two attached hydrogens (primary N) is 1. The lowest BCUT2D eigenvalue weighted by Gasteiger charge is -2.25. The van der Waals surface area contributed by atoms with Crippen molar-refractivity contribution in [1.82, 2.24) is 5.32 Å². The number of hydrogen-bond acceptors (Lipinski definition) is 4. The van der Waals surface area contributed by atoms with Gasteiger partial charge in [-0.25, -0.2) is 9.18 Å². The van der Waals surface area contributed by atoms with E-state index >= 15 is 0 Å². The number of hydrogen-bond donors (Lipinski definition) is 2. The molecule has 0 spiro atoms. The Morgan fingerprint density at radius 3 is 2.55 bits per heavy atom. The number of amides is 1. The van der Waals surface area contributed by atoms with Crippen molar-refractivity contribution in [1.29, 1.82) is 0 Å². The SMILES string of the molecule is CN(C)c1cc(F)ccc1C(CN)CNC(=O)OC(C)(C)C. The quantitative estimate of drug-likeness (QED) is 0.876. The van der Waals surface area contributed by atoms with E-state index in [0.29, 0.717) is 13.1 Å². The van der Waals surface area contributed by atoms with Crippen molar-refractivity contribution in [3.05, 3.63) is 29.6 Å². The highest BCUT2D eigenvalue weighted by Gasteiger charge is 2.20. The standard InChI is InChI=1S/C16H26FN3O2/c1-16(2,3)22-15(21)19-10-11(9-18)13-7-6-12(17)8-14(13)20(4)5/h6-8,11H,9-10,18H2,1-5H3,(H,19,21). The van der Waals surface area contributed by atoms with Gasteiger partial charge >= 0.3 is 6.09 Å². The minimum absolute atomic E-state index is 0.120. The summed E-state index contributed by atoms with van der Waals surface area (Å²) in [5.74, 6) is -0.422. The van der Waals surface area contributed by atoms with Crippen LogP contribution in [0.25, 0.3) is 0 Å². The molecule has 6 heteroatoms. The molecule has 0 saturated carbocycles. The van der Waals surface area contributed by atoms with Crippen LogP contribution in [-0.4, -0.2) is 38.9 Å². The number of nitrogens with zero attached hydrogens (tertiary/aromatic N) is 1. The molecule has 0 heterocycles. The molecule has 0 aliphatic rings. The molecule has 0 aliphatic carbocycles. The van der Waals surface area contributed by atoms with Gasteiger partial charge in [-0.15, -0.1) is 0 Å². The third-order valence-corrected chi connectivity index (χ3v) is 3.09. The Kier molecular flexibility index (Phi) is 6.17. The average Bonchev–Trinajstić information content (AvgIpc) is 2.38. The van der Waals surface area contributed by atoms with Crippen LogP contribution in [0.3, 0.4) is 0 Å². The molecule has 0 saturated heterocycles. The van der Waals surface area contributed by atoms with E-state index in [9.17, 15) is 9.18 Å². The van der Waals surface area contributed by atoms with Crippen molar-refractivity contribution in [2.45, 2.75) is 32.3 Å². The Labute approximate surface area is 131 Å². The fourth-order valence-electron chi connectivity index (χ4n) is 2.09. The molecular weight excluding hydrogens is 285 g/mol. The molecule has 1 unspecified atom stereocenters. The normalized spacial score (nSPS) is 12.7. The number of halogens is 1. The molecule has 124 valence electrons. The average molecular weight is 311 g/mol. The fourth-order valence-corrected chi connectivity index (χ4v) is 2.09. The van der Waals surface area contributed by atoms with E-state index in [1.165, 1.54) is 12.1 Å². The van der Waals surface area contributed by atoms with Crippen molar-refractivity contribution >= 4 is 11.8 Å². The van der Waals surface area contributed by atoms with Crippen molar-refractivity contribution in [2.75, 3.05) is 32.1 Å². The molecule has 5 nitrogen and oxygen atoms in total. The minimum atomic E-state index is -0.549. The second-order valence-corrected chi connectivity index (χ2v) is 6.41. The van der Waals surface area contributed by atoms with Crippen molar-refractivity contribution in [2.24, 2.45) is 5.73 Å². The first kappa shape index (κ1) is 18.2. The van der Waals surface area contributed by atoms with Gasteiger partial charge in [-0.1, -0.05) is 6.07 Å². The van der Waals surface area contributed by atoms with Crippen LogP contribution in [0.4, 0.5) is 14.9 Å². The summed E-state index contributed by atoms with van der Waals surface area (Å²) in [7, 11) is 3.68. The highest BCUT2D eigenvalue weighted by Crippen LogP contribution is 2.27. The Morgan fingerprint density at radius 2 is 2.05 bits per heavy atom. The summed E-state index contributed by atoms with van der Waals surface area (Å²) < 4.78 is 18.6. The second-order valence-electron chi connectivity index (χ2n) is 6.41. The fraction of sp³-hybridized carbons (Fsp3) is 0.562. The molecule has 22 heavy (non-hydrogen) atoms. The van der Waals surface area contributed by atoms with Crippen LogP contribution >= 0.6 is 0 Å². The maximum atomic E-state index is 13.4. The van der Waals surface area contributed by atoms with Gasteiger partial charge in [-0.3, -0.25) is 0 Å². The first-order valence-electron chi connectivity index (χ1n) is 7.27. The summed E-state index contributed by atoms with van der Waals surface area (Å²) in [5.41, 5.74) is 6.92. The van der Waals surface area contributed by atoms with Gasteiger partial charge in [0.15, 0.2) is 0 Å². The predicted molar refractivity (Wildman–Crippen MR) is 86.8 cm³/mol. The zero-order valence-electron chi connectivity index (χ0n) is 13.9. The lowest BCUT2D eigenvalue weighted by molar-refractivity contribution is 0.0525. The molecule has 1 aromatic rings. The number of alkyl carbamates (subject to hydrolysis) is 1. The number of ether oxygens (including phenoxy) is 1. The summed E-state index contributed by atoms with van der Waals surface area (Å²) >= 11 is 0. The highest BCUT2D eigenvalue weighted by atomic mass is 19.1. The lowest BCUT2D eigenvalue weighted by Crippen LogP contribution is -2.36. The Hall–Kier alpha value is -1.82. The van der Waals surface area contributed by atoms with Crippen molar-refractivity contribution < 1.29 is 13.9 Å². The molecule has 1 amide bonds. The van der Waals surface area contributed by atoms with Gasteiger partial charge in [0.2, 0.25) is 0 Å². The maximum Gasteiger partial charge on any atom is 0.407 e. The molecule has 1 atom stereocenters. The van der Waals surface area contributed by atoms with E-state index in [1.807, 2.05) is 19.0 Å². The summed E-state index contributed by atoms with van der Waals surface area (Å²) in [6, 6.07) is 4.57. The topological polar surface area (TPSA) is 67.6 Å². The van der Waals surface area contributed by atoms with Gasteiger partial charge in [-0.05, 0) is 38.5 Å². The van der Waals surface area contributed by atoms with E-state index in [2.05, 4.69) is 5.32 Å². The van der Waals surface area contributed by atoms with Crippen molar-refractivity contribution in [3.8, 4) is 0 Å². The zero-order chi connectivity index (χ0) is 16.9. The van der Waals surface area contributed by atoms with E-state index in [-0.39, 0.29) is 11.7 Å². The summed E-state index contributed by atoms with van der Waals surface area (Å²) in [5, 5.41) is 2.72. The molecule has 3 N–H and O–H groups in total. The van der Waals surface area contributed by atoms with E-state index in [4.69, 9.17) is 10.5 Å². The number of nitrogens with one attached hydrogen (secondary N) is 1. The molecule has 0 bridgehead atoms. The lowest BCUT2D eigenvalue weighted by atomic mass is 9.96. The van der Waals surface area contributed by atoms with Crippen LogP contribution in [-0.2, 0) is 4.74 Å². The van der Waals surface area contributed by atoms with E-state index in [0.717, 1.165) is 11.3 Å². The molecular formula is C16H26FN3O2. The van der Waals surface area contributed by atoms with Gasteiger partial charge in [0, 0.05) is 38.8 Å². The number of carbonyl (C=O) groups excluding carboxylic acids is 1. The summed E-state index contributed by atoms with van der Waals surface area (Å²) in [4.78, 5) is 13.6. The van der Waals surface area contributed by atoms with Gasteiger partial charge in [-0.2, -0.15) is 0 Å². The highest BCUT2D eigenvalue weighted by molar-refractivity contribution is 5.68.